The highest BCUT2D eigenvalue weighted by Crippen LogP contribution is 2.28. The third-order valence-electron chi connectivity index (χ3n) is 3.81. The first kappa shape index (κ1) is 17.8. The summed E-state index contributed by atoms with van der Waals surface area (Å²) in [7, 11) is 0. The molecule has 3 aromatic rings. The van der Waals surface area contributed by atoms with Crippen LogP contribution in [0.4, 0.5) is 5.13 Å². The second kappa shape index (κ2) is 8.36. The normalized spacial score (nSPS) is 10.8. The van der Waals surface area contributed by atoms with Gasteiger partial charge in [0.25, 0.3) is 0 Å². The second-order valence-corrected chi connectivity index (χ2v) is 7.92. The van der Waals surface area contributed by atoms with Crippen LogP contribution in [0.5, 0.6) is 0 Å². The molecular formula is C19H21N3OS2. The van der Waals surface area contributed by atoms with E-state index in [2.05, 4.69) is 66.1 Å². The van der Waals surface area contributed by atoms with E-state index >= 15 is 0 Å². The number of aromatic nitrogens is 1. The molecule has 0 aliphatic heterocycles. The van der Waals surface area contributed by atoms with Crippen molar-refractivity contribution in [2.75, 3.05) is 11.2 Å². The summed E-state index contributed by atoms with van der Waals surface area (Å²) in [4.78, 5) is 17.8. The summed E-state index contributed by atoms with van der Waals surface area (Å²) < 4.78 is 1.13. The molecule has 2 N–H and O–H groups in total. The fourth-order valence-electron chi connectivity index (χ4n) is 2.43. The van der Waals surface area contributed by atoms with Gasteiger partial charge in [0.2, 0.25) is 11.0 Å². The first-order valence-corrected chi connectivity index (χ1v) is 10.1. The number of carbonyl (C=O) groups excluding carboxylic acids is 1. The Morgan fingerprint density at radius 3 is 2.76 bits per heavy atom. The van der Waals surface area contributed by atoms with E-state index in [4.69, 9.17) is 0 Å². The maximum absolute atomic E-state index is 12.0. The highest BCUT2D eigenvalue weighted by molar-refractivity contribution is 7.99. The van der Waals surface area contributed by atoms with Crippen molar-refractivity contribution in [2.45, 2.75) is 31.6 Å². The van der Waals surface area contributed by atoms with Crippen LogP contribution >= 0.6 is 23.1 Å². The van der Waals surface area contributed by atoms with Crippen LogP contribution in [0, 0.1) is 6.92 Å². The van der Waals surface area contributed by atoms with Crippen molar-refractivity contribution in [3.8, 4) is 0 Å². The van der Waals surface area contributed by atoms with E-state index in [1.807, 2.05) is 6.07 Å². The van der Waals surface area contributed by atoms with E-state index in [9.17, 15) is 4.79 Å². The molecule has 1 heterocycles. The number of amides is 1. The van der Waals surface area contributed by atoms with E-state index in [0.717, 1.165) is 27.5 Å². The predicted octanol–water partition coefficient (Wildman–Crippen LogP) is 4.79. The lowest BCUT2D eigenvalue weighted by molar-refractivity contribution is -0.120. The van der Waals surface area contributed by atoms with E-state index in [1.165, 1.54) is 16.0 Å². The van der Waals surface area contributed by atoms with Gasteiger partial charge in [-0.1, -0.05) is 48.1 Å². The first-order valence-electron chi connectivity index (χ1n) is 8.28. The van der Waals surface area contributed by atoms with E-state index < -0.39 is 0 Å². The number of thioether (sulfide) groups is 1. The third-order valence-corrected chi connectivity index (χ3v) is 5.76. The average Bonchev–Trinajstić information content (AvgIpc) is 3.04. The molecule has 0 aliphatic carbocycles. The smallest absolute Gasteiger partial charge is 0.239 e. The van der Waals surface area contributed by atoms with Gasteiger partial charge in [-0.15, -0.1) is 11.8 Å². The minimum absolute atomic E-state index is 0.0328. The summed E-state index contributed by atoms with van der Waals surface area (Å²) in [5, 5.41) is 0.718. The largest absolute Gasteiger partial charge is 0.273 e. The number of carbonyl (C=O) groups is 1. The Hall–Kier alpha value is -2.05. The standard InChI is InChI=1S/C19H21N3OS2/c1-3-14-5-4-6-16-18(14)20-19(25-16)22-21-17(23)11-12-24-15-9-7-13(2)8-10-15/h4-10H,3,11-12H2,1-2H3,(H,20,22)(H,21,23). The zero-order valence-corrected chi connectivity index (χ0v) is 16.0. The summed E-state index contributed by atoms with van der Waals surface area (Å²) in [6.07, 6.45) is 1.40. The van der Waals surface area contributed by atoms with Gasteiger partial charge < -0.3 is 0 Å². The van der Waals surface area contributed by atoms with Gasteiger partial charge >= 0.3 is 0 Å². The Bertz CT molecular complexity index is 859. The number of benzene rings is 2. The van der Waals surface area contributed by atoms with Crippen molar-refractivity contribution in [1.82, 2.24) is 10.4 Å². The van der Waals surface area contributed by atoms with Crippen molar-refractivity contribution in [3.05, 3.63) is 53.6 Å². The molecule has 25 heavy (non-hydrogen) atoms. The highest BCUT2D eigenvalue weighted by atomic mass is 32.2. The minimum atomic E-state index is -0.0328. The summed E-state index contributed by atoms with van der Waals surface area (Å²) in [5.74, 6) is 0.714. The van der Waals surface area contributed by atoms with Gasteiger partial charge in [0.15, 0.2) is 0 Å². The number of hydrogen-bond donors (Lipinski definition) is 2. The molecule has 1 amide bonds. The van der Waals surface area contributed by atoms with E-state index in [-0.39, 0.29) is 5.91 Å². The molecule has 0 saturated carbocycles. The van der Waals surface area contributed by atoms with Gasteiger partial charge in [-0.25, -0.2) is 4.98 Å². The molecule has 0 atom stereocenters. The zero-order chi connectivity index (χ0) is 17.6. The topological polar surface area (TPSA) is 54.0 Å². The second-order valence-electron chi connectivity index (χ2n) is 5.72. The molecule has 0 unspecified atom stereocenters. The van der Waals surface area contributed by atoms with E-state index in [1.54, 1.807) is 23.1 Å². The number of hydrogen-bond acceptors (Lipinski definition) is 5. The summed E-state index contributed by atoms with van der Waals surface area (Å²) in [6, 6.07) is 14.5. The average molecular weight is 372 g/mol. The molecule has 130 valence electrons. The monoisotopic (exact) mass is 371 g/mol. The van der Waals surface area contributed by atoms with Crippen molar-refractivity contribution < 1.29 is 4.79 Å². The number of rotatable bonds is 7. The molecule has 0 saturated heterocycles. The number of nitrogens with one attached hydrogen (secondary N) is 2. The van der Waals surface area contributed by atoms with Gasteiger partial charge in [0.05, 0.1) is 10.2 Å². The number of nitrogens with zero attached hydrogens (tertiary/aromatic N) is 1. The molecule has 4 nitrogen and oxygen atoms in total. The van der Waals surface area contributed by atoms with Crippen molar-refractivity contribution in [3.63, 3.8) is 0 Å². The number of aryl methyl sites for hydroxylation is 2. The fraction of sp³-hybridized carbons (Fsp3) is 0.263. The maximum Gasteiger partial charge on any atom is 0.239 e. The molecule has 1 aromatic heterocycles. The molecular weight excluding hydrogens is 350 g/mol. The quantitative estimate of drug-likeness (QED) is 0.463. The molecule has 0 aliphatic rings. The number of anilines is 1. The van der Waals surface area contributed by atoms with Gasteiger partial charge in [0.1, 0.15) is 0 Å². The lowest BCUT2D eigenvalue weighted by Crippen LogP contribution is -2.29. The summed E-state index contributed by atoms with van der Waals surface area (Å²) >= 11 is 3.23. The Morgan fingerprint density at radius 2 is 2.00 bits per heavy atom. The van der Waals surface area contributed by atoms with Gasteiger partial charge in [-0.3, -0.25) is 15.6 Å². The predicted molar refractivity (Wildman–Crippen MR) is 107 cm³/mol. The Balaban J connectivity index is 1.48. The number of thiazole rings is 1. The van der Waals surface area contributed by atoms with Crippen LogP contribution in [0.15, 0.2) is 47.4 Å². The zero-order valence-electron chi connectivity index (χ0n) is 14.3. The van der Waals surface area contributed by atoms with Crippen LogP contribution in [-0.4, -0.2) is 16.6 Å². The maximum atomic E-state index is 12.0. The summed E-state index contributed by atoms with van der Waals surface area (Å²) in [6.45, 7) is 4.19. The lowest BCUT2D eigenvalue weighted by Gasteiger charge is -2.05. The molecule has 0 radical (unpaired) electrons. The van der Waals surface area contributed by atoms with Gasteiger partial charge in [-0.05, 0) is 37.1 Å². The van der Waals surface area contributed by atoms with Crippen LogP contribution in [0.25, 0.3) is 10.2 Å². The third kappa shape index (κ3) is 4.74. The molecule has 0 spiro atoms. The number of hydrazine groups is 1. The minimum Gasteiger partial charge on any atom is -0.273 e. The number of fused-ring (bicyclic) bond motifs is 1. The number of para-hydroxylation sites is 1. The van der Waals surface area contributed by atoms with Crippen LogP contribution in [0.2, 0.25) is 0 Å². The highest BCUT2D eigenvalue weighted by Gasteiger charge is 2.08. The van der Waals surface area contributed by atoms with Crippen molar-refractivity contribution in [2.24, 2.45) is 0 Å². The molecule has 6 heteroatoms. The van der Waals surface area contributed by atoms with Crippen LogP contribution in [0.1, 0.15) is 24.5 Å². The van der Waals surface area contributed by atoms with Gasteiger partial charge in [0, 0.05) is 17.1 Å². The Labute approximate surface area is 156 Å². The molecule has 3 rings (SSSR count). The van der Waals surface area contributed by atoms with Crippen LogP contribution < -0.4 is 10.9 Å². The first-order chi connectivity index (χ1) is 12.2. The Morgan fingerprint density at radius 1 is 1.20 bits per heavy atom. The van der Waals surface area contributed by atoms with Crippen LogP contribution in [0.3, 0.4) is 0 Å². The van der Waals surface area contributed by atoms with Crippen molar-refractivity contribution in [1.29, 1.82) is 0 Å². The fourth-order valence-corrected chi connectivity index (χ4v) is 4.15. The Kier molecular flexibility index (Phi) is 5.94. The molecule has 0 bridgehead atoms. The molecule has 2 aromatic carbocycles. The van der Waals surface area contributed by atoms with Crippen molar-refractivity contribution >= 4 is 44.4 Å². The summed E-state index contributed by atoms with van der Waals surface area (Å²) in [5.41, 5.74) is 9.16. The SMILES string of the molecule is CCc1cccc2sc(NNC(=O)CCSc3ccc(C)cc3)nc12. The van der Waals surface area contributed by atoms with Gasteiger partial charge in [-0.2, -0.15) is 0 Å². The lowest BCUT2D eigenvalue weighted by atomic mass is 10.1. The van der Waals surface area contributed by atoms with Crippen LogP contribution in [-0.2, 0) is 11.2 Å². The molecule has 0 fully saturated rings. The van der Waals surface area contributed by atoms with E-state index in [0.29, 0.717) is 6.42 Å².